The topological polar surface area (TPSA) is 12.0 Å². The molecule has 0 spiro atoms. The summed E-state index contributed by atoms with van der Waals surface area (Å²) < 4.78 is 0. The highest BCUT2D eigenvalue weighted by Crippen LogP contribution is 2.28. The van der Waals surface area contributed by atoms with E-state index in [2.05, 4.69) is 54.7 Å². The maximum atomic E-state index is 3.45. The van der Waals surface area contributed by atoms with Crippen molar-refractivity contribution in [2.45, 2.75) is 32.7 Å². The van der Waals surface area contributed by atoms with Crippen LogP contribution in [0.5, 0.6) is 0 Å². The van der Waals surface area contributed by atoms with E-state index >= 15 is 0 Å². The maximum Gasteiger partial charge on any atom is 0.0208 e. The predicted octanol–water partition coefficient (Wildman–Crippen LogP) is 3.95. The minimum absolute atomic E-state index is 1.01. The Labute approximate surface area is 115 Å². The SMILES string of the molecule is CCCc1ccc(-c2cccc3c2CCNC3)cc1. The monoisotopic (exact) mass is 251 g/mol. The standard InChI is InChI=1S/C18H21N/c1-2-4-14-7-9-15(10-8-14)17-6-3-5-16-13-19-12-11-18(16)17/h3,5-10,19H,2,4,11-13H2,1H3. The van der Waals surface area contributed by atoms with Gasteiger partial charge in [0.2, 0.25) is 0 Å². The van der Waals surface area contributed by atoms with E-state index in [-0.39, 0.29) is 0 Å². The third kappa shape index (κ3) is 2.57. The first-order chi connectivity index (χ1) is 9.38. The van der Waals surface area contributed by atoms with Gasteiger partial charge < -0.3 is 5.32 Å². The Kier molecular flexibility index (Phi) is 3.65. The molecular formula is C18H21N. The van der Waals surface area contributed by atoms with Gasteiger partial charge in [-0.1, -0.05) is 55.8 Å². The predicted molar refractivity (Wildman–Crippen MR) is 81.3 cm³/mol. The molecule has 0 aliphatic carbocycles. The zero-order valence-corrected chi connectivity index (χ0v) is 11.6. The van der Waals surface area contributed by atoms with E-state index in [1.807, 2.05) is 0 Å². The molecule has 2 aromatic rings. The van der Waals surface area contributed by atoms with Gasteiger partial charge in [-0.15, -0.1) is 0 Å². The van der Waals surface area contributed by atoms with Gasteiger partial charge in [0, 0.05) is 6.54 Å². The van der Waals surface area contributed by atoms with Gasteiger partial charge in [0.05, 0.1) is 0 Å². The lowest BCUT2D eigenvalue weighted by atomic mass is 9.91. The molecule has 1 heteroatoms. The average molecular weight is 251 g/mol. The fourth-order valence-corrected chi connectivity index (χ4v) is 2.94. The van der Waals surface area contributed by atoms with Crippen molar-refractivity contribution in [2.75, 3.05) is 6.54 Å². The summed E-state index contributed by atoms with van der Waals surface area (Å²) in [5.41, 5.74) is 7.21. The highest BCUT2D eigenvalue weighted by Gasteiger charge is 2.13. The second kappa shape index (κ2) is 5.58. The number of fused-ring (bicyclic) bond motifs is 1. The van der Waals surface area contributed by atoms with Crippen LogP contribution in [-0.2, 0) is 19.4 Å². The quantitative estimate of drug-likeness (QED) is 0.871. The molecule has 1 heterocycles. The molecule has 1 nitrogen and oxygen atoms in total. The van der Waals surface area contributed by atoms with Crippen molar-refractivity contribution >= 4 is 0 Å². The van der Waals surface area contributed by atoms with Crippen molar-refractivity contribution < 1.29 is 0 Å². The van der Waals surface area contributed by atoms with Crippen molar-refractivity contribution in [1.82, 2.24) is 5.32 Å². The summed E-state index contributed by atoms with van der Waals surface area (Å²) in [5, 5.41) is 3.45. The summed E-state index contributed by atoms with van der Waals surface area (Å²) in [6.07, 6.45) is 3.53. The second-order valence-corrected chi connectivity index (χ2v) is 5.32. The molecule has 0 amide bonds. The van der Waals surface area contributed by atoms with E-state index in [1.165, 1.54) is 40.7 Å². The molecule has 0 atom stereocenters. The lowest BCUT2D eigenvalue weighted by molar-refractivity contribution is 0.645. The molecule has 0 unspecified atom stereocenters. The molecule has 19 heavy (non-hydrogen) atoms. The van der Waals surface area contributed by atoms with Crippen LogP contribution in [0, 0.1) is 0 Å². The van der Waals surface area contributed by atoms with Gasteiger partial charge in [0.25, 0.3) is 0 Å². The van der Waals surface area contributed by atoms with E-state index in [0.717, 1.165) is 19.5 Å². The summed E-state index contributed by atoms with van der Waals surface area (Å²) in [7, 11) is 0. The molecule has 1 aliphatic rings. The van der Waals surface area contributed by atoms with Gasteiger partial charge in [0.1, 0.15) is 0 Å². The van der Waals surface area contributed by atoms with Crippen molar-refractivity contribution in [3.63, 3.8) is 0 Å². The van der Waals surface area contributed by atoms with Crippen LogP contribution >= 0.6 is 0 Å². The molecule has 3 rings (SSSR count). The minimum atomic E-state index is 1.01. The van der Waals surface area contributed by atoms with Gasteiger partial charge in [-0.25, -0.2) is 0 Å². The first kappa shape index (κ1) is 12.4. The molecule has 0 aromatic heterocycles. The smallest absolute Gasteiger partial charge is 0.0208 e. The Hall–Kier alpha value is -1.60. The summed E-state index contributed by atoms with van der Waals surface area (Å²) in [6, 6.07) is 15.8. The summed E-state index contributed by atoms with van der Waals surface area (Å²) in [5.74, 6) is 0. The number of hydrogen-bond acceptors (Lipinski definition) is 1. The molecule has 98 valence electrons. The fourth-order valence-electron chi connectivity index (χ4n) is 2.94. The highest BCUT2D eigenvalue weighted by molar-refractivity contribution is 5.69. The average Bonchev–Trinajstić information content (AvgIpc) is 2.48. The molecule has 0 bridgehead atoms. The van der Waals surface area contributed by atoms with E-state index in [9.17, 15) is 0 Å². The Morgan fingerprint density at radius 2 is 1.89 bits per heavy atom. The number of rotatable bonds is 3. The molecule has 0 radical (unpaired) electrons. The summed E-state index contributed by atoms with van der Waals surface area (Å²) >= 11 is 0. The van der Waals surface area contributed by atoms with Gasteiger partial charge in [0.15, 0.2) is 0 Å². The van der Waals surface area contributed by atoms with Crippen LogP contribution in [0.3, 0.4) is 0 Å². The van der Waals surface area contributed by atoms with Crippen LogP contribution in [0.1, 0.15) is 30.0 Å². The fraction of sp³-hybridized carbons (Fsp3) is 0.333. The molecule has 2 aromatic carbocycles. The van der Waals surface area contributed by atoms with Gasteiger partial charge in [-0.3, -0.25) is 0 Å². The Morgan fingerprint density at radius 3 is 2.68 bits per heavy atom. The molecular weight excluding hydrogens is 230 g/mol. The molecule has 1 aliphatic heterocycles. The van der Waals surface area contributed by atoms with Gasteiger partial charge >= 0.3 is 0 Å². The number of aryl methyl sites for hydroxylation is 1. The van der Waals surface area contributed by atoms with Crippen LogP contribution in [0.2, 0.25) is 0 Å². The number of benzene rings is 2. The second-order valence-electron chi connectivity index (χ2n) is 5.32. The first-order valence-electron chi connectivity index (χ1n) is 7.29. The van der Waals surface area contributed by atoms with Gasteiger partial charge in [-0.05, 0) is 47.2 Å². The zero-order chi connectivity index (χ0) is 13.1. The van der Waals surface area contributed by atoms with E-state index in [4.69, 9.17) is 0 Å². The van der Waals surface area contributed by atoms with Crippen LogP contribution in [0.25, 0.3) is 11.1 Å². The molecule has 1 N–H and O–H groups in total. The normalized spacial score (nSPS) is 14.2. The lowest BCUT2D eigenvalue weighted by Crippen LogP contribution is -2.23. The largest absolute Gasteiger partial charge is 0.312 e. The van der Waals surface area contributed by atoms with Crippen LogP contribution in [0.4, 0.5) is 0 Å². The van der Waals surface area contributed by atoms with Crippen LogP contribution in [0.15, 0.2) is 42.5 Å². The Bertz CT molecular complexity index is 554. The van der Waals surface area contributed by atoms with Gasteiger partial charge in [-0.2, -0.15) is 0 Å². The third-order valence-corrected chi connectivity index (χ3v) is 3.94. The number of nitrogens with one attached hydrogen (secondary N) is 1. The van der Waals surface area contributed by atoms with Crippen molar-refractivity contribution in [3.8, 4) is 11.1 Å². The highest BCUT2D eigenvalue weighted by atomic mass is 14.9. The molecule has 0 saturated carbocycles. The van der Waals surface area contributed by atoms with E-state index < -0.39 is 0 Å². The summed E-state index contributed by atoms with van der Waals surface area (Å²) in [6.45, 7) is 4.34. The van der Waals surface area contributed by atoms with Crippen LogP contribution in [-0.4, -0.2) is 6.54 Å². The van der Waals surface area contributed by atoms with E-state index in [0.29, 0.717) is 0 Å². The van der Waals surface area contributed by atoms with Crippen molar-refractivity contribution in [2.24, 2.45) is 0 Å². The number of hydrogen-bond donors (Lipinski definition) is 1. The van der Waals surface area contributed by atoms with Crippen molar-refractivity contribution in [3.05, 3.63) is 59.2 Å². The molecule has 0 fully saturated rings. The third-order valence-electron chi connectivity index (χ3n) is 3.94. The maximum absolute atomic E-state index is 3.45. The van der Waals surface area contributed by atoms with Crippen LogP contribution < -0.4 is 5.32 Å². The van der Waals surface area contributed by atoms with E-state index in [1.54, 1.807) is 0 Å². The lowest BCUT2D eigenvalue weighted by Gasteiger charge is -2.20. The minimum Gasteiger partial charge on any atom is -0.312 e. The Morgan fingerprint density at radius 1 is 1.05 bits per heavy atom. The summed E-state index contributed by atoms with van der Waals surface area (Å²) in [4.78, 5) is 0. The first-order valence-corrected chi connectivity index (χ1v) is 7.29. The molecule has 0 saturated heterocycles. The zero-order valence-electron chi connectivity index (χ0n) is 11.6. The van der Waals surface area contributed by atoms with Crippen molar-refractivity contribution in [1.29, 1.82) is 0 Å². The Balaban J connectivity index is 1.97.